The maximum absolute atomic E-state index is 12.0. The number of hydrogen-bond donors (Lipinski definition) is 0. The molecule has 1 aliphatic rings. The second kappa shape index (κ2) is 13.3. The number of methoxy groups -OCH3 is 1. The molecule has 1 saturated heterocycles. The first-order valence-corrected chi connectivity index (χ1v) is 9.10. The predicted octanol–water partition coefficient (Wildman–Crippen LogP) is 1.45. The third kappa shape index (κ3) is 7.99. The summed E-state index contributed by atoms with van der Waals surface area (Å²) in [6.07, 6.45) is -2.34. The van der Waals surface area contributed by atoms with Gasteiger partial charge in [-0.1, -0.05) is 19.0 Å². The van der Waals surface area contributed by atoms with E-state index in [-0.39, 0.29) is 31.6 Å². The highest BCUT2D eigenvalue weighted by atomic mass is 16.7. The minimum atomic E-state index is -0.900. The zero-order valence-corrected chi connectivity index (χ0v) is 16.7. The molecule has 0 bridgehead atoms. The second-order valence-corrected chi connectivity index (χ2v) is 6.29. The van der Waals surface area contributed by atoms with Crippen LogP contribution in [0, 0.1) is 11.8 Å². The Morgan fingerprint density at radius 1 is 1.07 bits per heavy atom. The van der Waals surface area contributed by atoms with Gasteiger partial charge < -0.3 is 28.4 Å². The van der Waals surface area contributed by atoms with E-state index in [1.807, 2.05) is 13.8 Å². The van der Waals surface area contributed by atoms with E-state index in [2.05, 4.69) is 10.0 Å². The van der Waals surface area contributed by atoms with Gasteiger partial charge in [-0.05, 0) is 11.4 Å². The van der Waals surface area contributed by atoms with Crippen molar-refractivity contribution in [2.24, 2.45) is 17.0 Å². The fourth-order valence-corrected chi connectivity index (χ4v) is 2.74. The summed E-state index contributed by atoms with van der Waals surface area (Å²) in [5.41, 5.74) is 8.13. The fourth-order valence-electron chi connectivity index (χ4n) is 2.74. The van der Waals surface area contributed by atoms with Crippen LogP contribution in [0.5, 0.6) is 0 Å². The van der Waals surface area contributed by atoms with E-state index in [9.17, 15) is 9.59 Å². The number of azide groups is 1. The first kappa shape index (κ1) is 24.1. The Morgan fingerprint density at radius 3 is 2.32 bits per heavy atom. The lowest BCUT2D eigenvalue weighted by Gasteiger charge is -2.42. The monoisotopic (exact) mass is 403 g/mol. The molecule has 1 heterocycles. The molecule has 0 aromatic rings. The molecule has 28 heavy (non-hydrogen) atoms. The fraction of sp³-hybridized carbons (Fsp3) is 0.882. The molecule has 1 rings (SSSR count). The molecular weight excluding hydrogens is 374 g/mol. The van der Waals surface area contributed by atoms with Crippen molar-refractivity contribution < 1.29 is 38.0 Å². The van der Waals surface area contributed by atoms with Crippen molar-refractivity contribution in [3.63, 3.8) is 0 Å². The van der Waals surface area contributed by atoms with E-state index in [0.717, 1.165) is 0 Å². The van der Waals surface area contributed by atoms with Crippen molar-refractivity contribution in [3.8, 4) is 0 Å². The number of ether oxygens (including phenoxy) is 6. The minimum absolute atomic E-state index is 0.169. The lowest BCUT2D eigenvalue weighted by Crippen LogP contribution is -2.54. The van der Waals surface area contributed by atoms with Gasteiger partial charge in [-0.2, -0.15) is 0 Å². The van der Waals surface area contributed by atoms with Crippen molar-refractivity contribution >= 4 is 11.9 Å². The van der Waals surface area contributed by atoms with Gasteiger partial charge in [0.2, 0.25) is 0 Å². The van der Waals surface area contributed by atoms with Crippen LogP contribution >= 0.6 is 0 Å². The zero-order valence-electron chi connectivity index (χ0n) is 16.7. The first-order chi connectivity index (χ1) is 13.4. The van der Waals surface area contributed by atoms with E-state index in [4.69, 9.17) is 34.0 Å². The third-order valence-corrected chi connectivity index (χ3v) is 4.39. The topological polar surface area (TPSA) is 138 Å². The number of esters is 2. The first-order valence-electron chi connectivity index (χ1n) is 9.10. The van der Waals surface area contributed by atoms with Crippen molar-refractivity contribution in [1.82, 2.24) is 0 Å². The van der Waals surface area contributed by atoms with Crippen LogP contribution in [0.3, 0.4) is 0 Å². The van der Waals surface area contributed by atoms with Gasteiger partial charge in [-0.15, -0.1) is 0 Å². The summed E-state index contributed by atoms with van der Waals surface area (Å²) >= 11 is 0. The van der Waals surface area contributed by atoms with Crippen molar-refractivity contribution in [1.29, 1.82) is 0 Å². The third-order valence-electron chi connectivity index (χ3n) is 4.39. The maximum Gasteiger partial charge on any atom is 0.335 e. The molecule has 0 aromatic heterocycles. The molecule has 0 saturated carbocycles. The molecule has 11 heteroatoms. The molecular formula is C17H29N3O8. The summed E-state index contributed by atoms with van der Waals surface area (Å²) in [6.45, 7) is 6.76. The Hall–Kier alpha value is -1.91. The van der Waals surface area contributed by atoms with Crippen LogP contribution in [0.15, 0.2) is 5.11 Å². The summed E-state index contributed by atoms with van der Waals surface area (Å²) < 4.78 is 32.1. The molecule has 0 radical (unpaired) electrons. The van der Waals surface area contributed by atoms with E-state index >= 15 is 0 Å². The van der Waals surface area contributed by atoms with Gasteiger partial charge in [-0.25, -0.2) is 4.79 Å². The van der Waals surface area contributed by atoms with Crippen LogP contribution in [0.4, 0.5) is 0 Å². The highest BCUT2D eigenvalue weighted by Gasteiger charge is 2.47. The van der Waals surface area contributed by atoms with Crippen LogP contribution in [0.2, 0.25) is 0 Å². The summed E-state index contributed by atoms with van der Waals surface area (Å²) in [4.78, 5) is 26.0. The van der Waals surface area contributed by atoms with Crippen LogP contribution < -0.4 is 0 Å². The lowest BCUT2D eigenvalue weighted by atomic mass is 9.83. The van der Waals surface area contributed by atoms with Crippen LogP contribution in [0.25, 0.3) is 10.4 Å². The quantitative estimate of drug-likeness (QED) is 0.157. The predicted molar refractivity (Wildman–Crippen MR) is 96.2 cm³/mol. The smallest absolute Gasteiger partial charge is 0.335 e. The summed E-state index contributed by atoms with van der Waals surface area (Å²) in [5.74, 6) is -1.33. The van der Waals surface area contributed by atoms with Crippen molar-refractivity contribution in [2.45, 2.75) is 39.3 Å². The van der Waals surface area contributed by atoms with Crippen LogP contribution in [-0.4, -0.2) is 77.1 Å². The summed E-state index contributed by atoms with van der Waals surface area (Å²) in [5, 5.41) is 3.35. The van der Waals surface area contributed by atoms with Gasteiger partial charge in [0.25, 0.3) is 0 Å². The highest BCUT2D eigenvalue weighted by Crippen LogP contribution is 2.33. The average molecular weight is 403 g/mol. The normalized spacial score (nSPS) is 26.9. The number of hydrogen-bond acceptors (Lipinski definition) is 9. The molecule has 0 amide bonds. The molecule has 0 aliphatic carbocycles. The number of rotatable bonds is 12. The van der Waals surface area contributed by atoms with E-state index in [1.165, 1.54) is 14.0 Å². The molecule has 0 aromatic carbocycles. The molecule has 0 N–H and O–H groups in total. The van der Waals surface area contributed by atoms with Gasteiger partial charge in [0.05, 0.1) is 40.1 Å². The molecule has 1 fully saturated rings. The van der Waals surface area contributed by atoms with Crippen LogP contribution in [-0.2, 0) is 38.0 Å². The van der Waals surface area contributed by atoms with E-state index in [1.54, 1.807) is 0 Å². The standard InChI is InChI=1S/C17H29N3O8/c1-11-12(2)15(27-13(3)21)17(28-14(11)16(22)23-4)26-10-9-25-8-7-24-6-5-19-20-18/h11-12,14-15,17H,5-10H2,1-4H3/t11-,12-,14-,15+,17?/m0/s1. The second-order valence-electron chi connectivity index (χ2n) is 6.29. The Labute approximate surface area is 164 Å². The Kier molecular flexibility index (Phi) is 11.5. The summed E-state index contributed by atoms with van der Waals surface area (Å²) in [7, 11) is 1.29. The Bertz CT molecular complexity index is 540. The van der Waals surface area contributed by atoms with Crippen molar-refractivity contribution in [3.05, 3.63) is 10.4 Å². The van der Waals surface area contributed by atoms with E-state index < -0.39 is 30.4 Å². The number of nitrogens with zero attached hydrogens (tertiary/aromatic N) is 3. The minimum Gasteiger partial charge on any atom is -0.467 e. The largest absolute Gasteiger partial charge is 0.467 e. The van der Waals surface area contributed by atoms with Gasteiger partial charge in [-0.3, -0.25) is 4.79 Å². The molecule has 11 nitrogen and oxygen atoms in total. The van der Waals surface area contributed by atoms with Gasteiger partial charge in [0.1, 0.15) is 0 Å². The SMILES string of the molecule is COC(=O)[C@H]1OC(OCCOCCOCCN=[N+]=[N-])[C@H](OC(C)=O)[C@@H](C)[C@@H]1C. The Morgan fingerprint density at radius 2 is 1.71 bits per heavy atom. The molecule has 5 atom stereocenters. The molecule has 160 valence electrons. The lowest BCUT2D eigenvalue weighted by molar-refractivity contribution is -0.276. The number of carbonyl (C=O) groups excluding carboxylic acids is 2. The van der Waals surface area contributed by atoms with Gasteiger partial charge in [0.15, 0.2) is 18.5 Å². The molecule has 0 spiro atoms. The van der Waals surface area contributed by atoms with Crippen molar-refractivity contribution in [2.75, 3.05) is 46.7 Å². The number of carbonyl (C=O) groups is 2. The Balaban J connectivity index is 2.44. The van der Waals surface area contributed by atoms with E-state index in [0.29, 0.717) is 19.8 Å². The van der Waals surface area contributed by atoms with Gasteiger partial charge in [0, 0.05) is 24.3 Å². The molecule has 1 aliphatic heterocycles. The maximum atomic E-state index is 12.0. The average Bonchev–Trinajstić information content (AvgIpc) is 2.67. The summed E-state index contributed by atoms with van der Waals surface area (Å²) in [6, 6.07) is 0. The molecule has 1 unspecified atom stereocenters. The van der Waals surface area contributed by atoms with Crippen LogP contribution in [0.1, 0.15) is 20.8 Å². The zero-order chi connectivity index (χ0) is 20.9. The highest BCUT2D eigenvalue weighted by molar-refractivity contribution is 5.75. The van der Waals surface area contributed by atoms with Gasteiger partial charge >= 0.3 is 11.9 Å².